The highest BCUT2D eigenvalue weighted by molar-refractivity contribution is 7.91. The van der Waals surface area contributed by atoms with Gasteiger partial charge in [-0.1, -0.05) is 20.3 Å². The smallest absolute Gasteiger partial charge is 0.295 e. The summed E-state index contributed by atoms with van der Waals surface area (Å²) in [5.41, 5.74) is 3.54. The number of aromatic nitrogens is 7. The predicted octanol–water partition coefficient (Wildman–Crippen LogP) is 3.29. The monoisotopic (exact) mass is 522 g/mol. The summed E-state index contributed by atoms with van der Waals surface area (Å²) in [6.45, 7) is 9.55. The van der Waals surface area contributed by atoms with Crippen LogP contribution in [-0.4, -0.2) is 48.6 Å². The normalized spacial score (nSPS) is 11.8. The third-order valence-electron chi connectivity index (χ3n) is 5.95. The zero-order valence-corrected chi connectivity index (χ0v) is 22.4. The van der Waals surface area contributed by atoms with E-state index < -0.39 is 9.84 Å². The molecule has 0 spiro atoms. The van der Waals surface area contributed by atoms with E-state index in [2.05, 4.69) is 37.2 Å². The molecule has 0 fully saturated rings. The number of anilines is 1. The van der Waals surface area contributed by atoms with Crippen LogP contribution in [0.4, 0.5) is 5.82 Å². The zero-order chi connectivity index (χ0) is 26.7. The molecule has 4 aromatic heterocycles. The summed E-state index contributed by atoms with van der Waals surface area (Å²) >= 11 is 0. The molecular formula is C25H30N8O3S. The molecule has 194 valence electrons. The van der Waals surface area contributed by atoms with Gasteiger partial charge in [-0.25, -0.2) is 33.3 Å². The molecule has 37 heavy (non-hydrogen) atoms. The van der Waals surface area contributed by atoms with Crippen LogP contribution >= 0.6 is 0 Å². The predicted molar refractivity (Wildman–Crippen MR) is 141 cm³/mol. The van der Waals surface area contributed by atoms with Crippen molar-refractivity contribution < 1.29 is 8.42 Å². The number of pyridine rings is 1. The van der Waals surface area contributed by atoms with E-state index in [1.807, 2.05) is 20.8 Å². The molecule has 0 atom stereocenters. The molecule has 0 bridgehead atoms. The fraction of sp³-hybridized carbons (Fsp3) is 0.400. The first kappa shape index (κ1) is 26.3. The van der Waals surface area contributed by atoms with Crippen molar-refractivity contribution in [1.82, 2.24) is 34.5 Å². The number of fused-ring (bicyclic) bond motifs is 1. The van der Waals surface area contributed by atoms with Gasteiger partial charge in [-0.05, 0) is 39.3 Å². The van der Waals surface area contributed by atoms with Gasteiger partial charge in [0.1, 0.15) is 11.8 Å². The number of hydrogen-bond donors (Lipinski definition) is 1. The summed E-state index contributed by atoms with van der Waals surface area (Å²) in [5, 5.41) is 3.04. The van der Waals surface area contributed by atoms with Crippen molar-refractivity contribution in [1.29, 1.82) is 0 Å². The van der Waals surface area contributed by atoms with Crippen LogP contribution in [0.1, 0.15) is 57.2 Å². The first-order valence-corrected chi connectivity index (χ1v) is 13.8. The fourth-order valence-corrected chi connectivity index (χ4v) is 4.82. The molecule has 0 aliphatic heterocycles. The first-order chi connectivity index (χ1) is 17.7. The molecule has 11 nitrogen and oxygen atoms in total. The van der Waals surface area contributed by atoms with Crippen molar-refractivity contribution >= 4 is 26.8 Å². The minimum Gasteiger partial charge on any atom is -0.360 e. The van der Waals surface area contributed by atoms with Gasteiger partial charge in [-0.2, -0.15) is 0 Å². The van der Waals surface area contributed by atoms with E-state index in [4.69, 9.17) is 4.98 Å². The molecule has 0 radical (unpaired) electrons. The Morgan fingerprint density at radius 2 is 1.81 bits per heavy atom. The topological polar surface area (TPSA) is 146 Å². The molecule has 0 unspecified atom stereocenters. The largest absolute Gasteiger partial charge is 0.360 e. The van der Waals surface area contributed by atoms with E-state index in [0.717, 1.165) is 29.8 Å². The van der Waals surface area contributed by atoms with Gasteiger partial charge in [-0.15, -0.1) is 0 Å². The number of sulfone groups is 1. The van der Waals surface area contributed by atoms with Crippen LogP contribution in [0.25, 0.3) is 22.6 Å². The Morgan fingerprint density at radius 1 is 1.03 bits per heavy atom. The average Bonchev–Trinajstić information content (AvgIpc) is 2.87. The lowest BCUT2D eigenvalue weighted by atomic mass is 10.1. The van der Waals surface area contributed by atoms with Gasteiger partial charge in [0, 0.05) is 12.2 Å². The highest BCUT2D eigenvalue weighted by atomic mass is 32.2. The summed E-state index contributed by atoms with van der Waals surface area (Å²) in [6.07, 6.45) is 6.15. The van der Waals surface area contributed by atoms with E-state index in [-0.39, 0.29) is 34.6 Å². The van der Waals surface area contributed by atoms with Crippen LogP contribution < -0.4 is 10.9 Å². The number of nitrogens with zero attached hydrogens (tertiary/aromatic N) is 7. The second-order valence-corrected chi connectivity index (χ2v) is 11.2. The molecular weight excluding hydrogens is 492 g/mol. The van der Waals surface area contributed by atoms with Crippen molar-refractivity contribution in [3.63, 3.8) is 0 Å². The van der Waals surface area contributed by atoms with Crippen molar-refractivity contribution in [3.05, 3.63) is 58.3 Å². The van der Waals surface area contributed by atoms with Crippen LogP contribution in [0, 0.1) is 6.92 Å². The standard InChI is InChI=1S/C25H30N8O3S/c1-6-8-19-21(16(5)29-14-30-19)22-28-13-20-24(32-22)33(15(3)4)25(34)23(31-20)27-11-17-9-10-18(12-26-17)37(35,36)7-2/h9-10,12-15H,6-8,11H2,1-5H3,(H,27,31). The third kappa shape index (κ3) is 5.33. The van der Waals surface area contributed by atoms with Crippen molar-refractivity contribution in [3.8, 4) is 11.4 Å². The minimum atomic E-state index is -3.33. The zero-order valence-electron chi connectivity index (χ0n) is 21.6. The van der Waals surface area contributed by atoms with Gasteiger partial charge in [0.25, 0.3) is 5.56 Å². The molecule has 4 aromatic rings. The molecule has 0 aliphatic carbocycles. The second-order valence-electron chi connectivity index (χ2n) is 8.90. The van der Waals surface area contributed by atoms with Crippen molar-refractivity contribution in [2.45, 2.75) is 64.9 Å². The molecule has 4 heterocycles. The number of rotatable bonds is 9. The molecule has 0 amide bonds. The molecule has 0 aromatic carbocycles. The summed E-state index contributed by atoms with van der Waals surface area (Å²) in [7, 11) is -3.33. The highest BCUT2D eigenvalue weighted by Crippen LogP contribution is 2.25. The van der Waals surface area contributed by atoms with E-state index in [1.165, 1.54) is 12.3 Å². The molecule has 12 heteroatoms. The van der Waals surface area contributed by atoms with Crippen molar-refractivity contribution in [2.24, 2.45) is 0 Å². The van der Waals surface area contributed by atoms with Gasteiger partial charge in [0.05, 0.1) is 46.0 Å². The summed E-state index contributed by atoms with van der Waals surface area (Å²) in [6, 6.07) is 2.94. The highest BCUT2D eigenvalue weighted by Gasteiger charge is 2.19. The molecule has 0 aliphatic rings. The SMILES string of the molecule is CCCc1ncnc(C)c1-c1ncc2nc(NCc3ccc(S(=O)(=O)CC)cn3)c(=O)n(C(C)C)c2n1. The van der Waals surface area contributed by atoms with Gasteiger partial charge in [0.2, 0.25) is 0 Å². The molecule has 4 rings (SSSR count). The van der Waals surface area contributed by atoms with E-state index in [1.54, 1.807) is 30.1 Å². The van der Waals surface area contributed by atoms with Crippen LogP contribution in [0.5, 0.6) is 0 Å². The Bertz CT molecular complexity index is 1600. The number of hydrogen-bond acceptors (Lipinski definition) is 10. The van der Waals surface area contributed by atoms with Gasteiger partial charge >= 0.3 is 0 Å². The Balaban J connectivity index is 1.72. The van der Waals surface area contributed by atoms with Crippen LogP contribution in [0.15, 0.2) is 40.5 Å². The number of nitrogens with one attached hydrogen (secondary N) is 1. The first-order valence-electron chi connectivity index (χ1n) is 12.2. The second kappa shape index (κ2) is 10.7. The van der Waals surface area contributed by atoms with E-state index in [9.17, 15) is 13.2 Å². The third-order valence-corrected chi connectivity index (χ3v) is 7.67. The Hall–Kier alpha value is -3.80. The summed E-state index contributed by atoms with van der Waals surface area (Å²) in [4.78, 5) is 40.3. The van der Waals surface area contributed by atoms with Gasteiger partial charge in [-0.3, -0.25) is 14.3 Å². The maximum Gasteiger partial charge on any atom is 0.295 e. The lowest BCUT2D eigenvalue weighted by molar-refractivity contribution is 0.593. The minimum absolute atomic E-state index is 0.00258. The lowest BCUT2D eigenvalue weighted by Crippen LogP contribution is -2.27. The van der Waals surface area contributed by atoms with Crippen molar-refractivity contribution in [2.75, 3.05) is 11.1 Å². The molecule has 0 saturated carbocycles. The quantitative estimate of drug-likeness (QED) is 0.347. The summed E-state index contributed by atoms with van der Waals surface area (Å²) < 4.78 is 25.6. The maximum absolute atomic E-state index is 13.4. The van der Waals surface area contributed by atoms with Gasteiger partial charge < -0.3 is 5.32 Å². The lowest BCUT2D eigenvalue weighted by Gasteiger charge is -2.16. The Morgan fingerprint density at radius 3 is 2.46 bits per heavy atom. The summed E-state index contributed by atoms with van der Waals surface area (Å²) in [5.74, 6) is 0.593. The average molecular weight is 523 g/mol. The van der Waals surface area contributed by atoms with Crippen LogP contribution in [0.2, 0.25) is 0 Å². The maximum atomic E-state index is 13.4. The van der Waals surface area contributed by atoms with Crippen LogP contribution in [-0.2, 0) is 22.8 Å². The number of aryl methyl sites for hydroxylation is 2. The van der Waals surface area contributed by atoms with Gasteiger partial charge in [0.15, 0.2) is 27.1 Å². The Kier molecular flexibility index (Phi) is 7.58. The van der Waals surface area contributed by atoms with Crippen LogP contribution in [0.3, 0.4) is 0 Å². The molecule has 1 N–H and O–H groups in total. The van der Waals surface area contributed by atoms with E-state index in [0.29, 0.717) is 22.7 Å². The fourth-order valence-electron chi connectivity index (χ4n) is 4.00. The van der Waals surface area contributed by atoms with E-state index >= 15 is 0 Å². The Labute approximate surface area is 215 Å². The molecule has 0 saturated heterocycles.